The molecule has 1 aromatic carbocycles. The normalized spacial score (nSPS) is 14.6. The zero-order chi connectivity index (χ0) is 19.3. The number of benzene rings is 1. The molecular weight excluding hydrogens is 354 g/mol. The van der Waals surface area contributed by atoms with Gasteiger partial charge in [0.2, 0.25) is 0 Å². The number of imidazole rings is 1. The Balaban J connectivity index is 1.39. The molecule has 142 valence electrons. The SMILES string of the molecule is Cc1nc(N2CC(c3nc4ccccc4n3C)C2)cc(-n2cc(CO)cn2)n1. The average molecular weight is 375 g/mol. The van der Waals surface area contributed by atoms with Crippen LogP contribution in [0.3, 0.4) is 0 Å². The molecule has 0 unspecified atom stereocenters. The van der Waals surface area contributed by atoms with E-state index in [9.17, 15) is 5.11 Å². The highest BCUT2D eigenvalue weighted by molar-refractivity contribution is 5.76. The maximum atomic E-state index is 9.25. The van der Waals surface area contributed by atoms with Crippen molar-refractivity contribution in [3.63, 3.8) is 0 Å². The summed E-state index contributed by atoms with van der Waals surface area (Å²) in [7, 11) is 2.08. The highest BCUT2D eigenvalue weighted by Gasteiger charge is 2.33. The van der Waals surface area contributed by atoms with E-state index in [0.29, 0.717) is 17.6 Å². The topological polar surface area (TPSA) is 84.9 Å². The lowest BCUT2D eigenvalue weighted by Crippen LogP contribution is -2.46. The van der Waals surface area contributed by atoms with Crippen molar-refractivity contribution in [2.24, 2.45) is 7.05 Å². The van der Waals surface area contributed by atoms with Crippen molar-refractivity contribution in [1.29, 1.82) is 0 Å². The number of anilines is 1. The summed E-state index contributed by atoms with van der Waals surface area (Å²) in [6, 6.07) is 10.2. The largest absolute Gasteiger partial charge is 0.392 e. The lowest BCUT2D eigenvalue weighted by Gasteiger charge is -2.39. The van der Waals surface area contributed by atoms with E-state index in [-0.39, 0.29) is 6.61 Å². The highest BCUT2D eigenvalue weighted by Crippen LogP contribution is 2.32. The molecule has 1 N–H and O–H groups in total. The van der Waals surface area contributed by atoms with Gasteiger partial charge in [-0.15, -0.1) is 0 Å². The molecule has 8 heteroatoms. The standard InChI is InChI=1S/C20H21N7O/c1-13-22-18(7-19(23-13)27-9-14(12-28)8-21-27)26-10-15(11-26)20-24-16-5-3-4-6-17(16)25(20)2/h3-9,15,28H,10-12H2,1-2H3. The third-order valence-corrected chi connectivity index (χ3v) is 5.26. The number of aliphatic hydroxyl groups excluding tert-OH is 1. The number of nitrogens with zero attached hydrogens (tertiary/aromatic N) is 7. The lowest BCUT2D eigenvalue weighted by atomic mass is 9.99. The summed E-state index contributed by atoms with van der Waals surface area (Å²) in [5.41, 5.74) is 2.95. The average Bonchev–Trinajstić information content (AvgIpc) is 3.26. The number of aromatic nitrogens is 6. The maximum Gasteiger partial charge on any atom is 0.159 e. The molecule has 0 spiro atoms. The minimum Gasteiger partial charge on any atom is -0.392 e. The van der Waals surface area contributed by atoms with Crippen LogP contribution in [-0.2, 0) is 13.7 Å². The minimum absolute atomic E-state index is 0.0389. The van der Waals surface area contributed by atoms with Gasteiger partial charge in [-0.2, -0.15) is 5.10 Å². The molecule has 0 aliphatic carbocycles. The van der Waals surface area contributed by atoms with Gasteiger partial charge in [-0.1, -0.05) is 12.1 Å². The van der Waals surface area contributed by atoms with Crippen LogP contribution in [-0.4, -0.2) is 47.5 Å². The van der Waals surface area contributed by atoms with Crippen LogP contribution in [0.4, 0.5) is 5.82 Å². The zero-order valence-electron chi connectivity index (χ0n) is 15.8. The quantitative estimate of drug-likeness (QED) is 0.587. The van der Waals surface area contributed by atoms with Crippen LogP contribution in [0.25, 0.3) is 16.9 Å². The van der Waals surface area contributed by atoms with Crippen molar-refractivity contribution in [2.45, 2.75) is 19.4 Å². The molecule has 3 aromatic heterocycles. The number of para-hydroxylation sites is 2. The van der Waals surface area contributed by atoms with Gasteiger partial charge in [0.15, 0.2) is 5.82 Å². The first-order valence-corrected chi connectivity index (χ1v) is 9.29. The second-order valence-electron chi connectivity index (χ2n) is 7.20. The molecule has 0 radical (unpaired) electrons. The maximum absolute atomic E-state index is 9.25. The van der Waals surface area contributed by atoms with Gasteiger partial charge in [0.05, 0.1) is 29.8 Å². The van der Waals surface area contributed by atoms with Crippen LogP contribution >= 0.6 is 0 Å². The molecule has 0 amide bonds. The molecule has 0 atom stereocenters. The van der Waals surface area contributed by atoms with E-state index < -0.39 is 0 Å². The Labute approximate surface area is 162 Å². The van der Waals surface area contributed by atoms with Crippen LogP contribution in [0, 0.1) is 6.92 Å². The molecule has 1 aliphatic rings. The summed E-state index contributed by atoms with van der Waals surface area (Å²) >= 11 is 0. The Morgan fingerprint density at radius 3 is 2.64 bits per heavy atom. The van der Waals surface area contributed by atoms with Gasteiger partial charge in [0.1, 0.15) is 17.5 Å². The molecule has 8 nitrogen and oxygen atoms in total. The third kappa shape index (κ3) is 2.73. The van der Waals surface area contributed by atoms with Gasteiger partial charge >= 0.3 is 0 Å². The summed E-state index contributed by atoms with van der Waals surface area (Å²) in [5, 5.41) is 13.5. The predicted molar refractivity (Wildman–Crippen MR) is 105 cm³/mol. The van der Waals surface area contributed by atoms with E-state index in [1.165, 1.54) is 0 Å². The van der Waals surface area contributed by atoms with Gasteiger partial charge in [-0.25, -0.2) is 19.6 Å². The molecule has 1 aliphatic heterocycles. The molecular formula is C20H21N7O. The van der Waals surface area contributed by atoms with E-state index in [4.69, 9.17) is 4.98 Å². The van der Waals surface area contributed by atoms with E-state index in [1.807, 2.05) is 25.1 Å². The van der Waals surface area contributed by atoms with E-state index in [1.54, 1.807) is 17.1 Å². The third-order valence-electron chi connectivity index (χ3n) is 5.26. The van der Waals surface area contributed by atoms with E-state index in [0.717, 1.165) is 41.3 Å². The van der Waals surface area contributed by atoms with Gasteiger partial charge in [-0.05, 0) is 19.1 Å². The van der Waals surface area contributed by atoms with Crippen LogP contribution in [0.2, 0.25) is 0 Å². The lowest BCUT2D eigenvalue weighted by molar-refractivity contribution is 0.282. The fourth-order valence-corrected chi connectivity index (χ4v) is 3.74. The smallest absolute Gasteiger partial charge is 0.159 e. The first-order valence-electron chi connectivity index (χ1n) is 9.29. The van der Waals surface area contributed by atoms with Crippen molar-refractivity contribution in [1.82, 2.24) is 29.3 Å². The number of aliphatic hydroxyl groups is 1. The summed E-state index contributed by atoms with van der Waals surface area (Å²) < 4.78 is 3.86. The summed E-state index contributed by atoms with van der Waals surface area (Å²) in [5.74, 6) is 3.77. The molecule has 0 bridgehead atoms. The molecule has 4 aromatic rings. The van der Waals surface area contributed by atoms with Crippen molar-refractivity contribution in [2.75, 3.05) is 18.0 Å². The van der Waals surface area contributed by atoms with Crippen LogP contribution in [0.15, 0.2) is 42.7 Å². The number of rotatable bonds is 4. The Kier molecular flexibility index (Phi) is 3.87. The van der Waals surface area contributed by atoms with Crippen molar-refractivity contribution in [3.8, 4) is 5.82 Å². The number of hydrogen-bond donors (Lipinski definition) is 1. The first kappa shape index (κ1) is 16.9. The highest BCUT2D eigenvalue weighted by atomic mass is 16.3. The van der Waals surface area contributed by atoms with Crippen LogP contribution < -0.4 is 4.90 Å². The minimum atomic E-state index is -0.0389. The Morgan fingerprint density at radius 2 is 1.89 bits per heavy atom. The monoisotopic (exact) mass is 375 g/mol. The Hall–Kier alpha value is -3.26. The van der Waals surface area contributed by atoms with Gasteiger partial charge < -0.3 is 14.6 Å². The second-order valence-corrected chi connectivity index (χ2v) is 7.20. The van der Waals surface area contributed by atoms with Gasteiger partial charge in [0.25, 0.3) is 0 Å². The van der Waals surface area contributed by atoms with Crippen molar-refractivity contribution >= 4 is 16.9 Å². The summed E-state index contributed by atoms with van der Waals surface area (Å²) in [6.45, 7) is 3.58. The zero-order valence-corrected chi connectivity index (χ0v) is 15.8. The number of hydrogen-bond acceptors (Lipinski definition) is 6. The van der Waals surface area contributed by atoms with Gasteiger partial charge in [-0.3, -0.25) is 0 Å². The Morgan fingerprint density at radius 1 is 1.11 bits per heavy atom. The molecule has 1 saturated heterocycles. The van der Waals surface area contributed by atoms with Crippen molar-refractivity contribution in [3.05, 3.63) is 59.9 Å². The molecule has 4 heterocycles. The first-order chi connectivity index (χ1) is 13.6. The molecule has 28 heavy (non-hydrogen) atoms. The fraction of sp³-hybridized carbons (Fsp3) is 0.300. The summed E-state index contributed by atoms with van der Waals surface area (Å²) in [4.78, 5) is 16.1. The summed E-state index contributed by atoms with van der Waals surface area (Å²) in [6.07, 6.45) is 3.42. The molecule has 0 saturated carbocycles. The predicted octanol–water partition coefficient (Wildman–Crippen LogP) is 1.95. The molecule has 1 fully saturated rings. The van der Waals surface area contributed by atoms with Crippen LogP contribution in [0.5, 0.6) is 0 Å². The van der Waals surface area contributed by atoms with E-state index in [2.05, 4.69) is 43.7 Å². The Bertz CT molecular complexity index is 1160. The second kappa shape index (κ2) is 6.42. The number of fused-ring (bicyclic) bond motifs is 1. The van der Waals surface area contributed by atoms with E-state index >= 15 is 0 Å². The number of aryl methyl sites for hydroxylation is 2. The fourth-order valence-electron chi connectivity index (χ4n) is 3.74. The van der Waals surface area contributed by atoms with Gasteiger partial charge in [0, 0.05) is 38.0 Å². The van der Waals surface area contributed by atoms with Crippen molar-refractivity contribution < 1.29 is 5.11 Å². The van der Waals surface area contributed by atoms with Crippen LogP contribution in [0.1, 0.15) is 23.1 Å². The molecule has 5 rings (SSSR count).